The molecule has 0 fully saturated rings. The molecule has 0 aromatic heterocycles. The highest BCUT2D eigenvalue weighted by Gasteiger charge is 2.44. The van der Waals surface area contributed by atoms with E-state index in [2.05, 4.69) is 68.0 Å². The number of hydrogen-bond acceptors (Lipinski definition) is 4. The topological polar surface area (TPSA) is 61.5 Å². The molecule has 1 heterocycles. The number of benzene rings is 1. The highest BCUT2D eigenvalue weighted by molar-refractivity contribution is 5.60. The Kier molecular flexibility index (Phi) is 4.45. The van der Waals surface area contributed by atoms with Crippen LogP contribution in [-0.2, 0) is 0 Å². The maximum atomic E-state index is 9.72. The van der Waals surface area contributed by atoms with E-state index in [-0.39, 0.29) is 24.1 Å². The predicted octanol–water partition coefficient (Wildman–Crippen LogP) is 2.37. The molecule has 130 valence electrons. The zero-order chi connectivity index (χ0) is 17.5. The van der Waals surface area contributed by atoms with Gasteiger partial charge in [-0.25, -0.2) is 0 Å². The lowest BCUT2D eigenvalue weighted by molar-refractivity contribution is 0.186. The van der Waals surface area contributed by atoms with Crippen molar-refractivity contribution < 1.29 is 5.11 Å². The van der Waals surface area contributed by atoms with Gasteiger partial charge >= 0.3 is 0 Å². The van der Waals surface area contributed by atoms with E-state index in [1.54, 1.807) is 0 Å². The molecule has 2 aliphatic rings. The number of anilines is 1. The van der Waals surface area contributed by atoms with Gasteiger partial charge in [-0.05, 0) is 23.5 Å². The van der Waals surface area contributed by atoms with Gasteiger partial charge in [0.2, 0.25) is 0 Å². The summed E-state index contributed by atoms with van der Waals surface area (Å²) in [6.07, 6.45) is 3.13. The fourth-order valence-electron chi connectivity index (χ4n) is 4.06. The standard InChI is InChI=1S/C20H29N3O/c1-13(21)19(22-17(12-24)14-9-10-14)20(2,3)16-11-23(4)18-8-6-5-7-15(16)18/h5-9,16-17,19,22,24H,1,10-12,21H2,2-4H3/t16?,17-,19+/m0/s1. The number of nitrogens with zero attached hydrogens (tertiary/aromatic N) is 1. The summed E-state index contributed by atoms with van der Waals surface area (Å²) in [5, 5.41) is 13.3. The van der Waals surface area contributed by atoms with Gasteiger partial charge in [0.1, 0.15) is 0 Å². The fourth-order valence-corrected chi connectivity index (χ4v) is 4.06. The first-order valence-electron chi connectivity index (χ1n) is 8.66. The van der Waals surface area contributed by atoms with Crippen LogP contribution in [0.15, 0.2) is 48.2 Å². The average Bonchev–Trinajstić information content (AvgIpc) is 3.32. The third-order valence-electron chi connectivity index (χ3n) is 5.63. The minimum absolute atomic E-state index is 0.0241. The number of para-hydroxylation sites is 1. The van der Waals surface area contributed by atoms with Crippen molar-refractivity contribution in [3.8, 4) is 0 Å². The molecule has 0 bridgehead atoms. The van der Waals surface area contributed by atoms with Crippen molar-refractivity contribution in [3.63, 3.8) is 0 Å². The summed E-state index contributed by atoms with van der Waals surface area (Å²) in [5.41, 5.74) is 10.6. The molecular formula is C20H29N3O. The van der Waals surface area contributed by atoms with Gasteiger partial charge in [0.15, 0.2) is 0 Å². The van der Waals surface area contributed by atoms with Crippen LogP contribution in [0.3, 0.4) is 0 Å². The minimum Gasteiger partial charge on any atom is -0.401 e. The van der Waals surface area contributed by atoms with Crippen molar-refractivity contribution in [2.45, 2.75) is 38.3 Å². The minimum atomic E-state index is -0.129. The summed E-state index contributed by atoms with van der Waals surface area (Å²) in [5.74, 6) is 0.351. The summed E-state index contributed by atoms with van der Waals surface area (Å²) in [4.78, 5) is 2.31. The van der Waals surface area contributed by atoms with E-state index in [1.165, 1.54) is 16.8 Å². The first-order chi connectivity index (χ1) is 11.4. The van der Waals surface area contributed by atoms with Crippen LogP contribution < -0.4 is 16.0 Å². The lowest BCUT2D eigenvalue weighted by atomic mass is 9.69. The van der Waals surface area contributed by atoms with Crippen LogP contribution in [0.5, 0.6) is 0 Å². The Morgan fingerprint density at radius 1 is 1.46 bits per heavy atom. The summed E-state index contributed by atoms with van der Waals surface area (Å²) in [6, 6.07) is 8.49. The number of aliphatic hydroxyl groups is 1. The molecule has 1 aliphatic heterocycles. The van der Waals surface area contributed by atoms with Crippen LogP contribution in [0.2, 0.25) is 0 Å². The second-order valence-corrected chi connectivity index (χ2v) is 7.71. The summed E-state index contributed by atoms with van der Waals surface area (Å²) < 4.78 is 0. The van der Waals surface area contributed by atoms with Gasteiger partial charge in [0.25, 0.3) is 0 Å². The number of likely N-dealkylation sites (N-methyl/N-ethyl adjacent to an activating group) is 1. The highest BCUT2D eigenvalue weighted by Crippen LogP contribution is 2.48. The smallest absolute Gasteiger partial charge is 0.0623 e. The van der Waals surface area contributed by atoms with Crippen molar-refractivity contribution >= 4 is 5.69 Å². The van der Waals surface area contributed by atoms with Crippen LogP contribution in [0.1, 0.15) is 31.7 Å². The molecule has 3 atom stereocenters. The van der Waals surface area contributed by atoms with Gasteiger partial charge in [-0.3, -0.25) is 5.32 Å². The molecule has 1 aromatic carbocycles. The summed E-state index contributed by atoms with van der Waals surface area (Å²) in [6.45, 7) is 9.59. The van der Waals surface area contributed by atoms with E-state index >= 15 is 0 Å². The summed E-state index contributed by atoms with van der Waals surface area (Å²) >= 11 is 0. The predicted molar refractivity (Wildman–Crippen MR) is 100 cm³/mol. The van der Waals surface area contributed by atoms with Gasteiger partial charge in [0, 0.05) is 30.9 Å². The Morgan fingerprint density at radius 3 is 2.71 bits per heavy atom. The normalized spacial score (nSPS) is 21.9. The van der Waals surface area contributed by atoms with Gasteiger partial charge in [0.05, 0.1) is 18.7 Å². The van der Waals surface area contributed by atoms with E-state index in [1.807, 2.05) is 0 Å². The number of allylic oxidation sites excluding steroid dienone is 1. The van der Waals surface area contributed by atoms with Gasteiger partial charge in [-0.2, -0.15) is 0 Å². The average molecular weight is 327 g/mol. The number of hydrogen-bond donors (Lipinski definition) is 3. The largest absolute Gasteiger partial charge is 0.401 e. The zero-order valence-corrected chi connectivity index (χ0v) is 14.9. The molecule has 0 amide bonds. The Bertz CT molecular complexity index is 665. The molecule has 0 spiro atoms. The first-order valence-corrected chi connectivity index (χ1v) is 8.66. The number of rotatable bonds is 7. The Labute approximate surface area is 145 Å². The van der Waals surface area contributed by atoms with Crippen molar-refractivity contribution in [2.75, 3.05) is 25.1 Å². The maximum Gasteiger partial charge on any atom is 0.0623 e. The molecular weight excluding hydrogens is 298 g/mol. The highest BCUT2D eigenvalue weighted by atomic mass is 16.3. The van der Waals surface area contributed by atoms with Crippen LogP contribution >= 0.6 is 0 Å². The lowest BCUT2D eigenvalue weighted by Gasteiger charge is -2.41. The zero-order valence-electron chi connectivity index (χ0n) is 14.9. The number of fused-ring (bicyclic) bond motifs is 1. The molecule has 1 aliphatic carbocycles. The van der Waals surface area contributed by atoms with E-state index < -0.39 is 0 Å². The Morgan fingerprint density at radius 2 is 2.12 bits per heavy atom. The Hall–Kier alpha value is -1.78. The van der Waals surface area contributed by atoms with Gasteiger partial charge in [-0.1, -0.05) is 50.3 Å². The van der Waals surface area contributed by atoms with E-state index in [4.69, 9.17) is 5.73 Å². The maximum absolute atomic E-state index is 9.72. The second kappa shape index (κ2) is 6.26. The van der Waals surface area contributed by atoms with E-state index in [0.717, 1.165) is 13.0 Å². The molecule has 4 heteroatoms. The van der Waals surface area contributed by atoms with Crippen molar-refractivity contribution in [1.82, 2.24) is 5.32 Å². The molecule has 0 saturated heterocycles. The van der Waals surface area contributed by atoms with Crippen LogP contribution in [-0.4, -0.2) is 37.4 Å². The van der Waals surface area contributed by atoms with Crippen LogP contribution in [0.25, 0.3) is 0 Å². The quantitative estimate of drug-likeness (QED) is 0.673. The number of nitrogens with two attached hydrogens (primary N) is 1. The molecule has 1 aromatic rings. The number of aliphatic hydroxyl groups excluding tert-OH is 1. The third-order valence-corrected chi connectivity index (χ3v) is 5.63. The first kappa shape index (κ1) is 17.1. The van der Waals surface area contributed by atoms with Gasteiger partial charge < -0.3 is 15.7 Å². The second-order valence-electron chi connectivity index (χ2n) is 7.71. The van der Waals surface area contributed by atoms with Crippen LogP contribution in [0, 0.1) is 5.41 Å². The number of nitrogens with one attached hydrogen (secondary N) is 1. The van der Waals surface area contributed by atoms with Crippen LogP contribution in [0.4, 0.5) is 5.69 Å². The third kappa shape index (κ3) is 2.96. The molecule has 0 radical (unpaired) electrons. The van der Waals surface area contributed by atoms with Crippen molar-refractivity contribution in [3.05, 3.63) is 53.8 Å². The summed E-state index contributed by atoms with van der Waals surface area (Å²) in [7, 11) is 2.14. The lowest BCUT2D eigenvalue weighted by Crippen LogP contribution is -2.53. The monoisotopic (exact) mass is 327 g/mol. The van der Waals surface area contributed by atoms with E-state index in [9.17, 15) is 5.11 Å². The molecule has 0 saturated carbocycles. The van der Waals surface area contributed by atoms with Crippen molar-refractivity contribution in [1.29, 1.82) is 0 Å². The molecule has 24 heavy (non-hydrogen) atoms. The van der Waals surface area contributed by atoms with Crippen molar-refractivity contribution in [2.24, 2.45) is 11.1 Å². The Balaban J connectivity index is 1.89. The molecule has 4 nitrogen and oxygen atoms in total. The molecule has 1 unspecified atom stereocenters. The fraction of sp³-hybridized carbons (Fsp3) is 0.500. The van der Waals surface area contributed by atoms with E-state index in [0.29, 0.717) is 11.6 Å². The van der Waals surface area contributed by atoms with Gasteiger partial charge in [-0.15, -0.1) is 0 Å². The molecule has 4 N–H and O–H groups in total. The molecule has 3 rings (SSSR count). The SMILES string of the molecule is C=C(N)[C@@H](N[C@@H](CO)C1=CC1)C(C)(C)C1CN(C)c2ccccc21.